The number of rotatable bonds is 12. The highest BCUT2D eigenvalue weighted by molar-refractivity contribution is 6.35. The third kappa shape index (κ3) is 8.40. The molecular formula is C39H34ClF3N6O3. The van der Waals surface area contributed by atoms with Gasteiger partial charge in [0.1, 0.15) is 23.1 Å². The molecule has 0 N–H and O–H groups in total. The lowest BCUT2D eigenvalue weighted by atomic mass is 10.1. The maximum absolute atomic E-state index is 14.2. The van der Waals surface area contributed by atoms with E-state index in [0.717, 1.165) is 34.9 Å². The molecule has 3 heterocycles. The Bertz CT molecular complexity index is 2090. The molecule has 6 aromatic rings. The van der Waals surface area contributed by atoms with Crippen LogP contribution in [0.5, 0.6) is 11.5 Å². The maximum atomic E-state index is 14.2. The summed E-state index contributed by atoms with van der Waals surface area (Å²) in [5.41, 5.74) is 2.33. The lowest BCUT2D eigenvalue weighted by Gasteiger charge is -2.28. The standard InChI is InChI=1S/C39H34ClF3N6O3/c1-25(37-44-17-4-18-45-37)49(24-30-11-10-29(21-46-30)39(41,42)43)38(50)28-9-16-35-33(19-28)34(40)20-36(47-35)48(22-26-5-12-31(51-2)13-6-26)23-27-7-14-32(52-3)15-8-27/h4-21,25H,22-24H2,1-3H3. The van der Waals surface area contributed by atoms with Crippen molar-refractivity contribution in [2.45, 2.75) is 38.8 Å². The van der Waals surface area contributed by atoms with Gasteiger partial charge in [-0.05, 0) is 84.8 Å². The number of alkyl halides is 3. The quantitative estimate of drug-likeness (QED) is 0.124. The van der Waals surface area contributed by atoms with E-state index in [-0.39, 0.29) is 12.2 Å². The van der Waals surface area contributed by atoms with Gasteiger partial charge in [-0.3, -0.25) is 9.78 Å². The van der Waals surface area contributed by atoms with Gasteiger partial charge in [0.15, 0.2) is 0 Å². The van der Waals surface area contributed by atoms with Gasteiger partial charge >= 0.3 is 6.18 Å². The molecule has 0 fully saturated rings. The topological polar surface area (TPSA) is 93.6 Å². The molecule has 3 aromatic heterocycles. The van der Waals surface area contributed by atoms with Gasteiger partial charge in [-0.1, -0.05) is 35.9 Å². The Labute approximate surface area is 303 Å². The first-order chi connectivity index (χ1) is 25.0. The molecule has 6 rings (SSSR count). The normalized spacial score (nSPS) is 12.0. The molecule has 0 bridgehead atoms. The van der Waals surface area contributed by atoms with Crippen molar-refractivity contribution in [3.8, 4) is 11.5 Å². The van der Waals surface area contributed by atoms with Crippen molar-refractivity contribution in [1.82, 2.24) is 24.8 Å². The number of pyridine rings is 2. The van der Waals surface area contributed by atoms with Crippen LogP contribution in [0.4, 0.5) is 19.0 Å². The van der Waals surface area contributed by atoms with Crippen molar-refractivity contribution in [3.63, 3.8) is 0 Å². The van der Waals surface area contributed by atoms with E-state index in [9.17, 15) is 18.0 Å². The van der Waals surface area contributed by atoms with Gasteiger partial charge in [0.2, 0.25) is 0 Å². The van der Waals surface area contributed by atoms with Crippen molar-refractivity contribution < 1.29 is 27.4 Å². The Kier molecular flexibility index (Phi) is 10.8. The molecule has 1 atom stereocenters. The van der Waals surface area contributed by atoms with E-state index in [1.807, 2.05) is 48.5 Å². The monoisotopic (exact) mass is 726 g/mol. The van der Waals surface area contributed by atoms with Gasteiger partial charge in [0.25, 0.3) is 5.91 Å². The maximum Gasteiger partial charge on any atom is 0.417 e. The van der Waals surface area contributed by atoms with Crippen LogP contribution in [-0.4, -0.2) is 45.0 Å². The van der Waals surface area contributed by atoms with Crippen LogP contribution in [-0.2, 0) is 25.8 Å². The number of carbonyl (C=O) groups excluding carboxylic acids is 1. The zero-order chi connectivity index (χ0) is 36.8. The Morgan fingerprint density at radius 2 is 1.42 bits per heavy atom. The van der Waals surface area contributed by atoms with Crippen molar-refractivity contribution in [1.29, 1.82) is 0 Å². The Morgan fingerprint density at radius 1 is 0.808 bits per heavy atom. The van der Waals surface area contributed by atoms with Crippen LogP contribution < -0.4 is 14.4 Å². The largest absolute Gasteiger partial charge is 0.497 e. The molecule has 1 unspecified atom stereocenters. The molecule has 0 saturated carbocycles. The number of hydrogen-bond donors (Lipinski definition) is 0. The fourth-order valence-corrected chi connectivity index (χ4v) is 5.91. The number of fused-ring (bicyclic) bond motifs is 1. The van der Waals surface area contributed by atoms with Crippen LogP contribution in [0.2, 0.25) is 5.02 Å². The lowest BCUT2D eigenvalue weighted by molar-refractivity contribution is -0.137. The second-order valence-corrected chi connectivity index (χ2v) is 12.4. The van der Waals surface area contributed by atoms with E-state index in [2.05, 4.69) is 19.9 Å². The number of carbonyl (C=O) groups is 1. The lowest BCUT2D eigenvalue weighted by Crippen LogP contribution is -2.34. The van der Waals surface area contributed by atoms with E-state index in [1.54, 1.807) is 63.9 Å². The van der Waals surface area contributed by atoms with E-state index in [1.165, 1.54) is 11.0 Å². The highest BCUT2D eigenvalue weighted by atomic mass is 35.5. The summed E-state index contributed by atoms with van der Waals surface area (Å²) in [6, 6.07) is 25.6. The van der Waals surface area contributed by atoms with Crippen molar-refractivity contribution in [2.75, 3.05) is 19.1 Å². The number of anilines is 1. The highest BCUT2D eigenvalue weighted by Gasteiger charge is 2.31. The van der Waals surface area contributed by atoms with Crippen LogP contribution in [0.25, 0.3) is 10.9 Å². The minimum Gasteiger partial charge on any atom is -0.497 e. The van der Waals surface area contributed by atoms with Gasteiger partial charge in [-0.25, -0.2) is 15.0 Å². The number of amides is 1. The first kappa shape index (κ1) is 36.1. The summed E-state index contributed by atoms with van der Waals surface area (Å²) in [4.78, 5) is 35.3. The molecule has 266 valence electrons. The number of nitrogens with zero attached hydrogens (tertiary/aromatic N) is 6. The second-order valence-electron chi connectivity index (χ2n) is 12.0. The molecule has 9 nitrogen and oxygen atoms in total. The zero-order valence-electron chi connectivity index (χ0n) is 28.5. The molecule has 0 radical (unpaired) electrons. The molecule has 0 aliphatic heterocycles. The summed E-state index contributed by atoms with van der Waals surface area (Å²) < 4.78 is 50.3. The van der Waals surface area contributed by atoms with E-state index < -0.39 is 23.7 Å². The Balaban J connectivity index is 1.33. The minimum absolute atomic E-state index is 0.0922. The Hall–Kier alpha value is -5.75. The van der Waals surface area contributed by atoms with Crippen LogP contribution in [0.3, 0.4) is 0 Å². The number of hydrogen-bond acceptors (Lipinski definition) is 8. The molecule has 0 aliphatic carbocycles. The summed E-state index contributed by atoms with van der Waals surface area (Å²) in [6.07, 6.45) is -0.660. The van der Waals surface area contributed by atoms with Gasteiger partial charge in [0, 0.05) is 42.6 Å². The van der Waals surface area contributed by atoms with Crippen molar-refractivity contribution in [2.24, 2.45) is 0 Å². The number of halogens is 4. The van der Waals surface area contributed by atoms with E-state index in [0.29, 0.717) is 46.2 Å². The number of methoxy groups -OCH3 is 2. The second kappa shape index (κ2) is 15.6. The summed E-state index contributed by atoms with van der Waals surface area (Å²) >= 11 is 6.94. The SMILES string of the molecule is COc1ccc(CN(Cc2ccc(OC)cc2)c2cc(Cl)c3cc(C(=O)N(Cc4ccc(C(F)(F)F)cn4)C(C)c4ncccn4)ccc3n2)cc1. The third-order valence-corrected chi connectivity index (χ3v) is 8.87. The van der Waals surface area contributed by atoms with Gasteiger partial charge in [-0.2, -0.15) is 13.2 Å². The smallest absolute Gasteiger partial charge is 0.417 e. The van der Waals surface area contributed by atoms with Gasteiger partial charge < -0.3 is 19.3 Å². The Morgan fingerprint density at radius 3 is 1.96 bits per heavy atom. The average molecular weight is 727 g/mol. The van der Waals surface area contributed by atoms with Gasteiger partial charge in [0.05, 0.1) is 48.6 Å². The first-order valence-electron chi connectivity index (χ1n) is 16.2. The van der Waals surface area contributed by atoms with Crippen molar-refractivity contribution in [3.05, 3.63) is 148 Å². The van der Waals surface area contributed by atoms with Crippen LogP contribution in [0.1, 0.15) is 51.5 Å². The fraction of sp³-hybridized carbons (Fsp3) is 0.205. The van der Waals surface area contributed by atoms with Gasteiger partial charge in [-0.15, -0.1) is 0 Å². The van der Waals surface area contributed by atoms with Crippen LogP contribution in [0.15, 0.2) is 110 Å². The third-order valence-electron chi connectivity index (χ3n) is 8.55. The van der Waals surface area contributed by atoms with E-state index in [4.69, 9.17) is 26.1 Å². The highest BCUT2D eigenvalue weighted by Crippen LogP contribution is 2.32. The van der Waals surface area contributed by atoms with E-state index >= 15 is 0 Å². The number of aromatic nitrogens is 4. The van der Waals surface area contributed by atoms with Crippen LogP contribution in [0, 0.1) is 0 Å². The number of benzene rings is 3. The van der Waals surface area contributed by atoms with Crippen LogP contribution >= 0.6 is 11.6 Å². The first-order valence-corrected chi connectivity index (χ1v) is 16.6. The molecule has 3 aromatic carbocycles. The molecule has 52 heavy (non-hydrogen) atoms. The molecule has 0 spiro atoms. The fourth-order valence-electron chi connectivity index (χ4n) is 5.66. The molecule has 1 amide bonds. The predicted molar refractivity (Wildman–Crippen MR) is 192 cm³/mol. The summed E-state index contributed by atoms with van der Waals surface area (Å²) in [6.45, 7) is 2.70. The summed E-state index contributed by atoms with van der Waals surface area (Å²) in [5, 5.41) is 0.945. The average Bonchev–Trinajstić information content (AvgIpc) is 3.16. The molecule has 0 saturated heterocycles. The van der Waals surface area contributed by atoms with Crippen molar-refractivity contribution >= 4 is 34.2 Å². The summed E-state index contributed by atoms with van der Waals surface area (Å²) in [7, 11) is 3.24. The number of ether oxygens (including phenoxy) is 2. The minimum atomic E-state index is -4.53. The molecule has 0 aliphatic rings. The predicted octanol–water partition coefficient (Wildman–Crippen LogP) is 8.72. The molecular weight excluding hydrogens is 693 g/mol. The zero-order valence-corrected chi connectivity index (χ0v) is 29.3. The summed E-state index contributed by atoms with van der Waals surface area (Å²) in [5.74, 6) is 2.09. The molecule has 13 heteroatoms.